The zero-order valence-corrected chi connectivity index (χ0v) is 13.3. The molecule has 3 heteroatoms. The Morgan fingerprint density at radius 2 is 1.75 bits per heavy atom. The van der Waals surface area contributed by atoms with Crippen molar-refractivity contribution < 1.29 is 9.90 Å². The van der Waals surface area contributed by atoms with Crippen LogP contribution in [0.2, 0.25) is 0 Å². The molecule has 1 unspecified atom stereocenters. The molecule has 118 valence electrons. The van der Waals surface area contributed by atoms with Crippen molar-refractivity contribution in [1.29, 1.82) is 0 Å². The summed E-state index contributed by atoms with van der Waals surface area (Å²) in [7, 11) is 1.99. The number of rotatable bonds is 2. The first-order chi connectivity index (χ1) is 11.7. The first kappa shape index (κ1) is 14.5. The highest BCUT2D eigenvalue weighted by Crippen LogP contribution is 2.46. The number of likely N-dealkylation sites (N-methyl/N-ethyl adjacent to an activating group) is 1. The van der Waals surface area contributed by atoms with Crippen LogP contribution in [0.25, 0.3) is 5.57 Å². The lowest BCUT2D eigenvalue weighted by Crippen LogP contribution is -2.29. The Balaban J connectivity index is 2.02. The number of fused-ring (bicyclic) bond motifs is 2. The molecular formula is C21H17NO2. The van der Waals surface area contributed by atoms with E-state index in [-0.39, 0.29) is 5.92 Å². The van der Waals surface area contributed by atoms with Gasteiger partial charge in [0.25, 0.3) is 0 Å². The quantitative estimate of drug-likeness (QED) is 0.902. The van der Waals surface area contributed by atoms with Gasteiger partial charge in [0.05, 0.1) is 5.57 Å². The number of para-hydroxylation sites is 1. The minimum Gasteiger partial charge on any atom is -0.478 e. The number of carbonyl (C=O) groups is 1. The van der Waals surface area contributed by atoms with Gasteiger partial charge < -0.3 is 10.0 Å². The number of aliphatic carboxylic acids is 1. The van der Waals surface area contributed by atoms with Gasteiger partial charge >= 0.3 is 5.97 Å². The molecule has 0 bridgehead atoms. The van der Waals surface area contributed by atoms with Gasteiger partial charge in [0, 0.05) is 35.5 Å². The van der Waals surface area contributed by atoms with Crippen LogP contribution < -0.4 is 4.90 Å². The molecule has 1 N–H and O–H groups in total. The van der Waals surface area contributed by atoms with Crippen molar-refractivity contribution in [3.05, 3.63) is 95.2 Å². The molecule has 1 aliphatic heterocycles. The predicted molar refractivity (Wildman–Crippen MR) is 95.8 cm³/mol. The SMILES string of the molecule is CN1C2=CC=CC(c3ccccc3)C2=C(C(=O)O)c2ccccc21. The number of nitrogens with zero attached hydrogens (tertiary/aromatic N) is 1. The third-order valence-electron chi connectivity index (χ3n) is 4.68. The normalized spacial score (nSPS) is 18.8. The minimum absolute atomic E-state index is 0.0619. The lowest BCUT2D eigenvalue weighted by molar-refractivity contribution is -0.130. The van der Waals surface area contributed by atoms with Crippen LogP contribution in [0.3, 0.4) is 0 Å². The van der Waals surface area contributed by atoms with Gasteiger partial charge in [-0.15, -0.1) is 0 Å². The average Bonchev–Trinajstić information content (AvgIpc) is 2.62. The molecule has 24 heavy (non-hydrogen) atoms. The van der Waals surface area contributed by atoms with Crippen LogP contribution in [-0.4, -0.2) is 18.1 Å². The van der Waals surface area contributed by atoms with E-state index in [0.717, 1.165) is 28.1 Å². The summed E-state index contributed by atoms with van der Waals surface area (Å²) in [6.07, 6.45) is 6.08. The van der Waals surface area contributed by atoms with Gasteiger partial charge in [-0.3, -0.25) is 0 Å². The number of hydrogen-bond donors (Lipinski definition) is 1. The molecular weight excluding hydrogens is 298 g/mol. The number of carboxylic acid groups (broad SMARTS) is 1. The molecule has 0 spiro atoms. The Morgan fingerprint density at radius 1 is 1.04 bits per heavy atom. The van der Waals surface area contributed by atoms with E-state index in [1.165, 1.54) is 0 Å². The van der Waals surface area contributed by atoms with Gasteiger partial charge in [-0.05, 0) is 17.7 Å². The topological polar surface area (TPSA) is 40.5 Å². The van der Waals surface area contributed by atoms with Crippen LogP contribution in [0, 0.1) is 0 Å². The maximum absolute atomic E-state index is 12.1. The predicted octanol–water partition coefficient (Wildman–Crippen LogP) is 4.21. The molecule has 2 aromatic carbocycles. The summed E-state index contributed by atoms with van der Waals surface area (Å²) in [5.41, 5.74) is 5.00. The number of allylic oxidation sites excluding steroid dienone is 4. The van der Waals surface area contributed by atoms with Gasteiger partial charge in [-0.25, -0.2) is 4.79 Å². The zero-order chi connectivity index (χ0) is 16.7. The van der Waals surface area contributed by atoms with E-state index in [0.29, 0.717) is 5.57 Å². The Kier molecular flexibility index (Phi) is 3.35. The third kappa shape index (κ3) is 2.09. The largest absolute Gasteiger partial charge is 0.478 e. The maximum atomic E-state index is 12.1. The van der Waals surface area contributed by atoms with E-state index in [2.05, 4.69) is 11.0 Å². The number of hydrogen-bond acceptors (Lipinski definition) is 2. The number of benzene rings is 2. The lowest BCUT2D eigenvalue weighted by Gasteiger charge is -2.37. The van der Waals surface area contributed by atoms with E-state index in [1.807, 2.05) is 73.8 Å². The Morgan fingerprint density at radius 3 is 2.50 bits per heavy atom. The molecule has 2 aromatic rings. The van der Waals surface area contributed by atoms with Gasteiger partial charge in [0.1, 0.15) is 0 Å². The highest BCUT2D eigenvalue weighted by atomic mass is 16.4. The molecule has 0 fully saturated rings. The first-order valence-electron chi connectivity index (χ1n) is 7.93. The van der Waals surface area contributed by atoms with Crippen LogP contribution in [0.4, 0.5) is 5.69 Å². The third-order valence-corrected chi connectivity index (χ3v) is 4.68. The van der Waals surface area contributed by atoms with Crippen molar-refractivity contribution >= 4 is 17.2 Å². The summed E-state index contributed by atoms with van der Waals surface area (Å²) in [5, 5.41) is 9.95. The molecule has 0 saturated carbocycles. The van der Waals surface area contributed by atoms with Gasteiger partial charge in [0.15, 0.2) is 0 Å². The van der Waals surface area contributed by atoms with Crippen molar-refractivity contribution in [2.45, 2.75) is 5.92 Å². The number of carboxylic acids is 1. The van der Waals surface area contributed by atoms with Crippen molar-refractivity contribution in [3.8, 4) is 0 Å². The van der Waals surface area contributed by atoms with Crippen molar-refractivity contribution in [1.82, 2.24) is 0 Å². The lowest BCUT2D eigenvalue weighted by atomic mass is 9.78. The molecule has 0 aromatic heterocycles. The second-order valence-electron chi connectivity index (χ2n) is 6.00. The van der Waals surface area contributed by atoms with E-state index in [9.17, 15) is 9.90 Å². The highest BCUT2D eigenvalue weighted by Gasteiger charge is 2.34. The van der Waals surface area contributed by atoms with Gasteiger partial charge in [0.2, 0.25) is 0 Å². The fraction of sp³-hybridized carbons (Fsp3) is 0.0952. The summed E-state index contributed by atoms with van der Waals surface area (Å²) >= 11 is 0. The molecule has 4 rings (SSSR count). The monoisotopic (exact) mass is 315 g/mol. The smallest absolute Gasteiger partial charge is 0.336 e. The van der Waals surface area contributed by atoms with E-state index in [1.54, 1.807) is 0 Å². The molecule has 0 radical (unpaired) electrons. The van der Waals surface area contributed by atoms with Crippen molar-refractivity contribution in [3.63, 3.8) is 0 Å². The van der Waals surface area contributed by atoms with Crippen LogP contribution in [-0.2, 0) is 4.79 Å². The highest BCUT2D eigenvalue weighted by molar-refractivity contribution is 6.20. The average molecular weight is 315 g/mol. The molecule has 0 amide bonds. The minimum atomic E-state index is -0.882. The summed E-state index contributed by atoms with van der Waals surface area (Å²) in [6, 6.07) is 17.7. The summed E-state index contributed by atoms with van der Waals surface area (Å²) in [6.45, 7) is 0. The second kappa shape index (κ2) is 5.53. The van der Waals surface area contributed by atoms with Crippen LogP contribution in [0.5, 0.6) is 0 Å². The molecule has 3 nitrogen and oxygen atoms in total. The fourth-order valence-electron chi connectivity index (χ4n) is 3.60. The van der Waals surface area contributed by atoms with Crippen molar-refractivity contribution in [2.75, 3.05) is 11.9 Å². The summed E-state index contributed by atoms with van der Waals surface area (Å²) in [5.74, 6) is -0.944. The van der Waals surface area contributed by atoms with Crippen molar-refractivity contribution in [2.24, 2.45) is 0 Å². The van der Waals surface area contributed by atoms with E-state index < -0.39 is 5.97 Å². The van der Waals surface area contributed by atoms with Crippen LogP contribution in [0.15, 0.2) is 84.1 Å². The Bertz CT molecular complexity index is 906. The van der Waals surface area contributed by atoms with Crippen LogP contribution >= 0.6 is 0 Å². The zero-order valence-electron chi connectivity index (χ0n) is 13.3. The number of anilines is 1. The fourth-order valence-corrected chi connectivity index (χ4v) is 3.60. The Hall–Kier alpha value is -3.07. The van der Waals surface area contributed by atoms with E-state index in [4.69, 9.17) is 0 Å². The van der Waals surface area contributed by atoms with Gasteiger partial charge in [-0.1, -0.05) is 60.7 Å². The summed E-state index contributed by atoms with van der Waals surface area (Å²) < 4.78 is 0. The maximum Gasteiger partial charge on any atom is 0.336 e. The molecule has 0 saturated heterocycles. The van der Waals surface area contributed by atoms with Gasteiger partial charge in [-0.2, -0.15) is 0 Å². The summed E-state index contributed by atoms with van der Waals surface area (Å²) in [4.78, 5) is 14.2. The van der Waals surface area contributed by atoms with Crippen LogP contribution in [0.1, 0.15) is 17.0 Å². The molecule has 2 aliphatic rings. The molecule has 1 atom stereocenters. The van der Waals surface area contributed by atoms with E-state index >= 15 is 0 Å². The Labute approximate surface area is 140 Å². The first-order valence-corrected chi connectivity index (χ1v) is 7.93. The molecule has 1 heterocycles. The second-order valence-corrected chi connectivity index (χ2v) is 6.00. The molecule has 1 aliphatic carbocycles. The standard InChI is InChI=1S/C21H17NO2/c1-22-17-12-6-5-10-16(17)20(21(23)24)19-15(11-7-13-18(19)22)14-8-3-2-4-9-14/h2-13,15H,1H3,(H,23,24).